The summed E-state index contributed by atoms with van der Waals surface area (Å²) in [6.07, 6.45) is 0.357. The van der Waals surface area contributed by atoms with Gasteiger partial charge in [-0.2, -0.15) is 0 Å². The van der Waals surface area contributed by atoms with Crippen molar-refractivity contribution >= 4 is 33.4 Å². The Morgan fingerprint density at radius 1 is 1.60 bits per heavy atom. The van der Waals surface area contributed by atoms with E-state index in [1.165, 1.54) is 12.1 Å². The van der Waals surface area contributed by atoms with E-state index >= 15 is 0 Å². The number of amides is 1. The van der Waals surface area contributed by atoms with Crippen LogP contribution in [0.2, 0.25) is 0 Å². The molecule has 5 nitrogen and oxygen atoms in total. The summed E-state index contributed by atoms with van der Waals surface area (Å²) in [4.78, 5) is 12.3. The maximum Gasteiger partial charge on any atom is 0.238 e. The third kappa shape index (κ3) is 3.09. The number of hydrogen-bond donors (Lipinski definition) is 3. The van der Waals surface area contributed by atoms with Gasteiger partial charge in [-0.15, -0.1) is 0 Å². The third-order valence-electron chi connectivity index (χ3n) is 3.40. The first-order valence-corrected chi connectivity index (χ1v) is 6.80. The Hall–Kier alpha value is -1.63. The highest BCUT2D eigenvalue weighted by molar-refractivity contribution is 9.10. The van der Waals surface area contributed by atoms with Crippen molar-refractivity contribution < 1.29 is 14.4 Å². The molecule has 1 unspecified atom stereocenters. The minimum atomic E-state index is -1.14. The molecule has 0 fully saturated rings. The van der Waals surface area contributed by atoms with Crippen molar-refractivity contribution in [3.63, 3.8) is 0 Å². The summed E-state index contributed by atoms with van der Waals surface area (Å²) >= 11 is 3.07. The summed E-state index contributed by atoms with van der Waals surface area (Å²) < 4.78 is 13.6. The molecule has 0 aromatic heterocycles. The normalized spacial score (nSPS) is 14.8. The average molecular weight is 346 g/mol. The van der Waals surface area contributed by atoms with Crippen LogP contribution in [0.25, 0.3) is 0 Å². The van der Waals surface area contributed by atoms with Gasteiger partial charge in [-0.1, -0.05) is 12.1 Å². The first-order valence-electron chi connectivity index (χ1n) is 6.01. The molecular formula is C13H17BrFN3O2. The molecule has 1 rings (SSSR count). The molecule has 0 spiro atoms. The van der Waals surface area contributed by atoms with Crippen molar-refractivity contribution in [1.29, 1.82) is 0 Å². The molecule has 4 N–H and O–H groups in total. The van der Waals surface area contributed by atoms with E-state index in [1.807, 2.05) is 0 Å². The van der Waals surface area contributed by atoms with E-state index in [2.05, 4.69) is 26.4 Å². The summed E-state index contributed by atoms with van der Waals surface area (Å²) in [6.45, 7) is 5.01. The molecule has 0 saturated carbocycles. The number of rotatable bonds is 4. The topological polar surface area (TPSA) is 87.7 Å². The van der Waals surface area contributed by atoms with E-state index in [4.69, 9.17) is 10.9 Å². The number of nitrogens with zero attached hydrogens (tertiary/aromatic N) is 1. The minimum Gasteiger partial charge on any atom is -0.409 e. The van der Waals surface area contributed by atoms with Crippen LogP contribution in [0.15, 0.2) is 21.8 Å². The zero-order chi connectivity index (χ0) is 15.5. The van der Waals surface area contributed by atoms with Gasteiger partial charge in [0.15, 0.2) is 5.84 Å². The Morgan fingerprint density at radius 2 is 2.20 bits per heavy atom. The van der Waals surface area contributed by atoms with Crippen LogP contribution in [0.1, 0.15) is 25.8 Å². The van der Waals surface area contributed by atoms with E-state index in [0.29, 0.717) is 17.7 Å². The highest BCUT2D eigenvalue weighted by atomic mass is 79.9. The largest absolute Gasteiger partial charge is 0.409 e. The van der Waals surface area contributed by atoms with Gasteiger partial charge in [0, 0.05) is 5.69 Å². The Kier molecular flexibility index (Phi) is 5.10. The van der Waals surface area contributed by atoms with Crippen molar-refractivity contribution in [2.45, 2.75) is 27.2 Å². The van der Waals surface area contributed by atoms with E-state index < -0.39 is 17.1 Å². The van der Waals surface area contributed by atoms with Crippen LogP contribution in [0.3, 0.4) is 0 Å². The fourth-order valence-corrected chi connectivity index (χ4v) is 1.95. The summed E-state index contributed by atoms with van der Waals surface area (Å²) in [7, 11) is 0. The molecule has 1 atom stereocenters. The first kappa shape index (κ1) is 16.4. The molecule has 1 aromatic carbocycles. The lowest BCUT2D eigenvalue weighted by Crippen LogP contribution is -2.44. The number of oxime groups is 1. The van der Waals surface area contributed by atoms with Gasteiger partial charge in [-0.3, -0.25) is 4.79 Å². The second-order valence-electron chi connectivity index (χ2n) is 4.71. The van der Waals surface area contributed by atoms with Gasteiger partial charge >= 0.3 is 0 Å². The molecule has 0 saturated heterocycles. The van der Waals surface area contributed by atoms with Gasteiger partial charge in [0.05, 0.1) is 4.47 Å². The van der Waals surface area contributed by atoms with Gasteiger partial charge in [-0.25, -0.2) is 4.39 Å². The summed E-state index contributed by atoms with van der Waals surface area (Å²) in [5, 5.41) is 14.4. The molecule has 1 amide bonds. The number of carbonyl (C=O) groups excluding carboxylic acids is 1. The smallest absolute Gasteiger partial charge is 0.238 e. The molecule has 0 aliphatic rings. The number of benzene rings is 1. The van der Waals surface area contributed by atoms with Crippen molar-refractivity contribution in [1.82, 2.24) is 0 Å². The Labute approximate surface area is 125 Å². The standard InChI is InChI=1S/C13H17BrFN3O2/c1-4-13(3,11(16)18-20)12(19)17-10-6-8(14)9(15)5-7(10)2/h5-6,20H,4H2,1-3H3,(H2,16,18)(H,17,19). The third-order valence-corrected chi connectivity index (χ3v) is 4.00. The fourth-order valence-electron chi connectivity index (χ4n) is 1.61. The van der Waals surface area contributed by atoms with E-state index in [0.717, 1.165) is 0 Å². The van der Waals surface area contributed by atoms with E-state index in [-0.39, 0.29) is 10.3 Å². The van der Waals surface area contributed by atoms with Gasteiger partial charge in [0.25, 0.3) is 0 Å². The van der Waals surface area contributed by atoms with Gasteiger partial charge in [0.1, 0.15) is 11.2 Å². The van der Waals surface area contributed by atoms with Crippen LogP contribution in [-0.4, -0.2) is 17.0 Å². The number of nitrogens with one attached hydrogen (secondary N) is 1. The lowest BCUT2D eigenvalue weighted by Gasteiger charge is -2.25. The predicted octanol–water partition coefficient (Wildman–Crippen LogP) is 3.00. The summed E-state index contributed by atoms with van der Waals surface area (Å²) in [5.74, 6) is -0.997. The molecule has 20 heavy (non-hydrogen) atoms. The van der Waals surface area contributed by atoms with Crippen LogP contribution >= 0.6 is 15.9 Å². The first-order chi connectivity index (χ1) is 9.26. The van der Waals surface area contributed by atoms with Crippen molar-refractivity contribution in [3.8, 4) is 0 Å². The maximum atomic E-state index is 13.3. The zero-order valence-electron chi connectivity index (χ0n) is 11.5. The number of hydrogen-bond acceptors (Lipinski definition) is 3. The average Bonchev–Trinajstić information content (AvgIpc) is 2.42. The van der Waals surface area contributed by atoms with Crippen LogP contribution in [0.5, 0.6) is 0 Å². The second-order valence-corrected chi connectivity index (χ2v) is 5.56. The van der Waals surface area contributed by atoms with Crippen LogP contribution in [0, 0.1) is 18.2 Å². The van der Waals surface area contributed by atoms with E-state index in [9.17, 15) is 9.18 Å². The fraction of sp³-hybridized carbons (Fsp3) is 0.385. The van der Waals surface area contributed by atoms with Crippen LogP contribution in [-0.2, 0) is 4.79 Å². The van der Waals surface area contributed by atoms with Gasteiger partial charge in [-0.05, 0) is 53.9 Å². The lowest BCUT2D eigenvalue weighted by atomic mass is 9.85. The predicted molar refractivity (Wildman–Crippen MR) is 79.3 cm³/mol. The zero-order valence-corrected chi connectivity index (χ0v) is 13.1. The van der Waals surface area contributed by atoms with Gasteiger partial charge in [0.2, 0.25) is 5.91 Å². The highest BCUT2D eigenvalue weighted by Gasteiger charge is 2.36. The molecule has 0 bridgehead atoms. The van der Waals surface area contributed by atoms with Crippen molar-refractivity contribution in [3.05, 3.63) is 28.0 Å². The number of carbonyl (C=O) groups is 1. The Morgan fingerprint density at radius 3 is 2.70 bits per heavy atom. The monoisotopic (exact) mass is 345 g/mol. The molecule has 0 aliphatic carbocycles. The van der Waals surface area contributed by atoms with E-state index in [1.54, 1.807) is 20.8 Å². The Balaban J connectivity index is 3.10. The summed E-state index contributed by atoms with van der Waals surface area (Å²) in [6, 6.07) is 2.79. The molecular weight excluding hydrogens is 329 g/mol. The van der Waals surface area contributed by atoms with Crippen LogP contribution < -0.4 is 11.1 Å². The Bertz CT molecular complexity index is 563. The molecule has 0 heterocycles. The molecule has 110 valence electrons. The van der Waals surface area contributed by atoms with Crippen LogP contribution in [0.4, 0.5) is 10.1 Å². The SMILES string of the molecule is CCC(C)(C(=O)Nc1cc(Br)c(F)cc1C)/C(N)=N/O. The number of amidine groups is 1. The lowest BCUT2D eigenvalue weighted by molar-refractivity contribution is -0.121. The number of nitrogens with two attached hydrogens (primary N) is 1. The molecule has 0 aliphatic heterocycles. The second kappa shape index (κ2) is 6.21. The quantitative estimate of drug-likeness (QED) is 0.339. The number of halogens is 2. The molecule has 0 radical (unpaired) electrons. The van der Waals surface area contributed by atoms with Crippen molar-refractivity contribution in [2.75, 3.05) is 5.32 Å². The van der Waals surface area contributed by atoms with Gasteiger partial charge < -0.3 is 16.3 Å². The number of anilines is 1. The summed E-state index contributed by atoms with van der Waals surface area (Å²) in [5.41, 5.74) is 5.49. The highest BCUT2D eigenvalue weighted by Crippen LogP contribution is 2.28. The van der Waals surface area contributed by atoms with Crippen molar-refractivity contribution in [2.24, 2.45) is 16.3 Å². The molecule has 7 heteroatoms. The number of aryl methyl sites for hydroxylation is 1. The molecule has 1 aromatic rings. The minimum absolute atomic E-state index is 0.170. The maximum absolute atomic E-state index is 13.3.